The van der Waals surface area contributed by atoms with E-state index in [1.54, 1.807) is 5.48 Å². The van der Waals surface area contributed by atoms with Gasteiger partial charge in [0.25, 0.3) is 0 Å². The molecule has 0 fully saturated rings. The molecule has 0 spiro atoms. The second-order valence-electron chi connectivity index (χ2n) is 2.17. The molecular formula is C7H13N3O2. The summed E-state index contributed by atoms with van der Waals surface area (Å²) in [5.41, 5.74) is 1.66. The van der Waals surface area contributed by atoms with Gasteiger partial charge in [-0.3, -0.25) is 9.64 Å². The van der Waals surface area contributed by atoms with Crippen LogP contribution in [0.1, 0.15) is 13.8 Å². The van der Waals surface area contributed by atoms with Crippen LogP contribution in [0, 0.1) is 6.57 Å². The standard InChI is InChI=1S/C7H13N3O2/c1-4-10(5-2)7(11)6(8-3)9-12/h6,9,12H,4-5H2,1-2H3. The van der Waals surface area contributed by atoms with Crippen LogP contribution in [-0.2, 0) is 4.79 Å². The first kappa shape index (κ1) is 10.9. The second kappa shape index (κ2) is 5.52. The van der Waals surface area contributed by atoms with Crippen molar-refractivity contribution in [2.45, 2.75) is 20.0 Å². The smallest absolute Gasteiger partial charge is 0.335 e. The highest BCUT2D eigenvalue weighted by molar-refractivity contribution is 5.82. The lowest BCUT2D eigenvalue weighted by Gasteiger charge is -2.17. The Labute approximate surface area is 71.8 Å². The Kier molecular flexibility index (Phi) is 5.00. The number of carbonyl (C=O) groups excluding carboxylic acids is 1. The summed E-state index contributed by atoms with van der Waals surface area (Å²) in [7, 11) is 0. The molecule has 0 radical (unpaired) electrons. The Balaban J connectivity index is 4.25. The number of carbonyl (C=O) groups is 1. The van der Waals surface area contributed by atoms with Gasteiger partial charge in [-0.1, -0.05) is 0 Å². The minimum absolute atomic E-state index is 0.391. The maximum atomic E-state index is 11.3. The van der Waals surface area contributed by atoms with Gasteiger partial charge in [0.15, 0.2) is 0 Å². The number of rotatable bonds is 4. The highest BCUT2D eigenvalue weighted by Crippen LogP contribution is 1.95. The molecule has 0 aliphatic rings. The lowest BCUT2D eigenvalue weighted by Crippen LogP contribution is -2.43. The van der Waals surface area contributed by atoms with Crippen LogP contribution < -0.4 is 5.48 Å². The highest BCUT2D eigenvalue weighted by Gasteiger charge is 2.26. The van der Waals surface area contributed by atoms with E-state index in [0.717, 1.165) is 0 Å². The van der Waals surface area contributed by atoms with Gasteiger partial charge in [0.2, 0.25) is 0 Å². The third kappa shape index (κ3) is 2.49. The highest BCUT2D eigenvalue weighted by atomic mass is 16.5. The van der Waals surface area contributed by atoms with Crippen molar-refractivity contribution in [3.8, 4) is 0 Å². The Morgan fingerprint density at radius 1 is 1.67 bits per heavy atom. The SMILES string of the molecule is [C-]#[N+]C(NO)C(=O)N(CC)CC. The average Bonchev–Trinajstić information content (AvgIpc) is 2.09. The molecule has 0 rings (SSSR count). The topological polar surface area (TPSA) is 56.9 Å². The van der Waals surface area contributed by atoms with Gasteiger partial charge in [-0.15, -0.1) is 5.48 Å². The van der Waals surface area contributed by atoms with Gasteiger partial charge in [-0.2, -0.15) is 0 Å². The van der Waals surface area contributed by atoms with Gasteiger partial charge in [-0.25, -0.2) is 6.57 Å². The zero-order chi connectivity index (χ0) is 9.56. The molecule has 0 saturated heterocycles. The zero-order valence-electron chi connectivity index (χ0n) is 7.24. The van der Waals surface area contributed by atoms with Gasteiger partial charge in [0.05, 0.1) is 0 Å². The molecule has 2 N–H and O–H groups in total. The van der Waals surface area contributed by atoms with Gasteiger partial charge in [0.1, 0.15) is 0 Å². The number of hydrogen-bond acceptors (Lipinski definition) is 3. The fourth-order valence-corrected chi connectivity index (χ4v) is 0.848. The molecule has 0 aromatic rings. The molecule has 1 amide bonds. The maximum absolute atomic E-state index is 11.3. The van der Waals surface area contributed by atoms with Gasteiger partial charge in [-0.05, 0) is 13.8 Å². The Bertz CT molecular complexity index is 184. The molecule has 0 heterocycles. The molecule has 0 saturated carbocycles. The van der Waals surface area contributed by atoms with Gasteiger partial charge >= 0.3 is 12.1 Å². The first-order valence-electron chi connectivity index (χ1n) is 3.76. The van der Waals surface area contributed by atoms with Crippen molar-refractivity contribution in [3.63, 3.8) is 0 Å². The molecule has 5 nitrogen and oxygen atoms in total. The fourth-order valence-electron chi connectivity index (χ4n) is 0.848. The van der Waals surface area contributed by atoms with E-state index < -0.39 is 12.1 Å². The molecule has 68 valence electrons. The van der Waals surface area contributed by atoms with Gasteiger partial charge < -0.3 is 10.1 Å². The van der Waals surface area contributed by atoms with E-state index in [-0.39, 0.29) is 0 Å². The van der Waals surface area contributed by atoms with Crippen LogP contribution in [0.3, 0.4) is 0 Å². The molecule has 0 bridgehead atoms. The summed E-state index contributed by atoms with van der Waals surface area (Å²) in [5.74, 6) is -0.391. The van der Waals surface area contributed by atoms with E-state index >= 15 is 0 Å². The third-order valence-electron chi connectivity index (χ3n) is 1.56. The zero-order valence-corrected chi connectivity index (χ0v) is 7.24. The number of amides is 1. The number of hydroxylamine groups is 1. The van der Waals surface area contributed by atoms with E-state index in [1.807, 2.05) is 13.8 Å². The van der Waals surface area contributed by atoms with E-state index in [9.17, 15) is 4.79 Å². The summed E-state index contributed by atoms with van der Waals surface area (Å²) in [4.78, 5) is 15.7. The first-order valence-corrected chi connectivity index (χ1v) is 3.76. The Morgan fingerprint density at radius 3 is 2.42 bits per heavy atom. The minimum Gasteiger partial charge on any atom is -0.335 e. The van der Waals surface area contributed by atoms with Crippen molar-refractivity contribution in [1.29, 1.82) is 0 Å². The maximum Gasteiger partial charge on any atom is 0.375 e. The minimum atomic E-state index is -1.16. The number of likely N-dealkylation sites (N-methyl/N-ethyl adjacent to an activating group) is 1. The summed E-state index contributed by atoms with van der Waals surface area (Å²) >= 11 is 0. The van der Waals surface area contributed by atoms with Gasteiger partial charge in [0, 0.05) is 13.1 Å². The second-order valence-corrected chi connectivity index (χ2v) is 2.17. The van der Waals surface area contributed by atoms with E-state index in [0.29, 0.717) is 13.1 Å². The van der Waals surface area contributed by atoms with Crippen molar-refractivity contribution in [2.75, 3.05) is 13.1 Å². The summed E-state index contributed by atoms with van der Waals surface area (Å²) in [6.07, 6.45) is -1.16. The van der Waals surface area contributed by atoms with Crippen LogP contribution in [0.2, 0.25) is 0 Å². The summed E-state index contributed by atoms with van der Waals surface area (Å²) < 4.78 is 0. The van der Waals surface area contributed by atoms with Crippen LogP contribution in [0.25, 0.3) is 4.85 Å². The fraction of sp³-hybridized carbons (Fsp3) is 0.714. The van der Waals surface area contributed by atoms with Crippen LogP contribution in [0.4, 0.5) is 0 Å². The van der Waals surface area contributed by atoms with Crippen LogP contribution in [0.5, 0.6) is 0 Å². The van der Waals surface area contributed by atoms with E-state index in [1.165, 1.54) is 4.90 Å². The lowest BCUT2D eigenvalue weighted by atomic mass is 10.4. The molecule has 0 aliphatic heterocycles. The monoisotopic (exact) mass is 171 g/mol. The van der Waals surface area contributed by atoms with Crippen LogP contribution >= 0.6 is 0 Å². The molecule has 12 heavy (non-hydrogen) atoms. The van der Waals surface area contributed by atoms with Crippen molar-refractivity contribution in [3.05, 3.63) is 11.4 Å². The van der Waals surface area contributed by atoms with Crippen molar-refractivity contribution >= 4 is 5.91 Å². The molecule has 1 atom stereocenters. The molecule has 0 aromatic carbocycles. The van der Waals surface area contributed by atoms with Crippen molar-refractivity contribution in [1.82, 2.24) is 10.4 Å². The van der Waals surface area contributed by atoms with E-state index in [2.05, 4.69) is 4.85 Å². The van der Waals surface area contributed by atoms with E-state index in [4.69, 9.17) is 11.8 Å². The summed E-state index contributed by atoms with van der Waals surface area (Å²) in [5, 5.41) is 8.43. The number of hydrogen-bond donors (Lipinski definition) is 2. The predicted molar refractivity (Wildman–Crippen MR) is 43.2 cm³/mol. The van der Waals surface area contributed by atoms with Crippen molar-refractivity contribution < 1.29 is 10.0 Å². The number of nitrogens with zero attached hydrogens (tertiary/aromatic N) is 2. The predicted octanol–water partition coefficient (Wildman–Crippen LogP) is 0.0790. The summed E-state index contributed by atoms with van der Waals surface area (Å²) in [6, 6.07) is 0. The molecule has 5 heteroatoms. The van der Waals surface area contributed by atoms with Crippen LogP contribution in [0.15, 0.2) is 0 Å². The van der Waals surface area contributed by atoms with Crippen LogP contribution in [-0.4, -0.2) is 35.3 Å². The molecule has 0 aliphatic carbocycles. The Hall–Kier alpha value is -1.12. The molecular weight excluding hydrogens is 158 g/mol. The number of nitrogens with one attached hydrogen (secondary N) is 1. The third-order valence-corrected chi connectivity index (χ3v) is 1.56. The first-order chi connectivity index (χ1) is 5.71. The lowest BCUT2D eigenvalue weighted by molar-refractivity contribution is -0.134. The van der Waals surface area contributed by atoms with Crippen molar-refractivity contribution in [2.24, 2.45) is 0 Å². The quantitative estimate of drug-likeness (QED) is 0.465. The summed E-state index contributed by atoms with van der Waals surface area (Å²) in [6.45, 7) is 11.3. The molecule has 0 aromatic heterocycles. The Morgan fingerprint density at radius 2 is 2.17 bits per heavy atom. The molecule has 1 unspecified atom stereocenters. The average molecular weight is 171 g/mol. The largest absolute Gasteiger partial charge is 0.375 e. The normalized spacial score (nSPS) is 11.8.